The molecule has 0 aromatic carbocycles. The van der Waals surface area contributed by atoms with Gasteiger partial charge in [0.25, 0.3) is 0 Å². The second kappa shape index (κ2) is 9.86. The van der Waals surface area contributed by atoms with Crippen molar-refractivity contribution < 1.29 is 9.47 Å². The normalized spacial score (nSPS) is 11.5. The lowest BCUT2D eigenvalue weighted by molar-refractivity contribution is -0.141. The zero-order valence-electron chi connectivity index (χ0n) is 13.3. The summed E-state index contributed by atoms with van der Waals surface area (Å²) in [5.74, 6) is 0. The van der Waals surface area contributed by atoms with Gasteiger partial charge in [-0.05, 0) is 39.4 Å². The quantitative estimate of drug-likeness (QED) is 0.617. The number of pyridine rings is 1. The Bertz CT molecular complexity index is 365. The molecule has 20 heavy (non-hydrogen) atoms. The molecular formula is C16H28N2O2. The summed E-state index contributed by atoms with van der Waals surface area (Å²) in [6.07, 6.45) is 0.797. The van der Waals surface area contributed by atoms with Crippen LogP contribution in [-0.2, 0) is 16.0 Å². The number of ether oxygens (including phenoxy) is 2. The fraction of sp³-hybridized carbons (Fsp3) is 0.688. The van der Waals surface area contributed by atoms with Crippen LogP contribution in [0.2, 0.25) is 0 Å². The minimum absolute atomic E-state index is 0.0930. The first kappa shape index (κ1) is 17.1. The third-order valence-electron chi connectivity index (χ3n) is 3.16. The van der Waals surface area contributed by atoms with Gasteiger partial charge in [0.2, 0.25) is 0 Å². The van der Waals surface area contributed by atoms with E-state index in [4.69, 9.17) is 9.47 Å². The molecule has 0 aliphatic rings. The molecule has 4 heteroatoms. The highest BCUT2D eigenvalue weighted by Crippen LogP contribution is 2.07. The Hall–Kier alpha value is -0.970. The van der Waals surface area contributed by atoms with E-state index in [0.717, 1.165) is 37.4 Å². The van der Waals surface area contributed by atoms with Gasteiger partial charge < -0.3 is 9.47 Å². The Morgan fingerprint density at radius 2 is 1.85 bits per heavy atom. The van der Waals surface area contributed by atoms with Crippen molar-refractivity contribution >= 4 is 0 Å². The number of hydrogen-bond donors (Lipinski definition) is 0. The van der Waals surface area contributed by atoms with Crippen molar-refractivity contribution in [2.24, 2.45) is 0 Å². The molecule has 0 N–H and O–H groups in total. The van der Waals surface area contributed by atoms with Gasteiger partial charge in [-0.3, -0.25) is 9.88 Å². The summed E-state index contributed by atoms with van der Waals surface area (Å²) < 4.78 is 11.2. The van der Waals surface area contributed by atoms with Crippen LogP contribution in [0.4, 0.5) is 0 Å². The molecule has 1 heterocycles. The second-order valence-electron chi connectivity index (χ2n) is 4.77. The maximum atomic E-state index is 5.58. The summed E-state index contributed by atoms with van der Waals surface area (Å²) in [5.41, 5.74) is 2.19. The average molecular weight is 280 g/mol. The van der Waals surface area contributed by atoms with Crippen LogP contribution in [0.5, 0.6) is 0 Å². The highest BCUT2D eigenvalue weighted by Gasteiger charge is 2.11. The molecule has 0 fully saturated rings. The Morgan fingerprint density at radius 3 is 2.40 bits per heavy atom. The van der Waals surface area contributed by atoms with Gasteiger partial charge in [0.15, 0.2) is 6.29 Å². The van der Waals surface area contributed by atoms with E-state index in [1.54, 1.807) is 0 Å². The molecular weight excluding hydrogens is 252 g/mol. The lowest BCUT2D eigenvalue weighted by atomic mass is 10.2. The van der Waals surface area contributed by atoms with Gasteiger partial charge in [0.1, 0.15) is 0 Å². The van der Waals surface area contributed by atoms with E-state index in [2.05, 4.69) is 28.9 Å². The van der Waals surface area contributed by atoms with Crippen molar-refractivity contribution in [2.75, 3.05) is 26.3 Å². The van der Waals surface area contributed by atoms with Gasteiger partial charge in [0, 0.05) is 38.4 Å². The zero-order chi connectivity index (χ0) is 14.8. The number of aryl methyl sites for hydroxylation is 1. The third kappa shape index (κ3) is 6.46. The van der Waals surface area contributed by atoms with Crippen molar-refractivity contribution in [3.63, 3.8) is 0 Å². The van der Waals surface area contributed by atoms with Crippen LogP contribution in [0, 0.1) is 6.92 Å². The van der Waals surface area contributed by atoms with E-state index in [-0.39, 0.29) is 6.29 Å². The molecule has 0 saturated heterocycles. The van der Waals surface area contributed by atoms with Crippen LogP contribution in [-0.4, -0.2) is 42.5 Å². The maximum absolute atomic E-state index is 5.58. The summed E-state index contributed by atoms with van der Waals surface area (Å²) in [6.45, 7) is 12.4. The van der Waals surface area contributed by atoms with Crippen molar-refractivity contribution in [1.82, 2.24) is 9.88 Å². The lowest BCUT2D eigenvalue weighted by Crippen LogP contribution is -2.29. The summed E-state index contributed by atoms with van der Waals surface area (Å²) in [5, 5.41) is 0. The number of nitrogens with zero attached hydrogens (tertiary/aromatic N) is 2. The van der Waals surface area contributed by atoms with Gasteiger partial charge in [0.05, 0.1) is 5.69 Å². The van der Waals surface area contributed by atoms with E-state index in [9.17, 15) is 0 Å². The Morgan fingerprint density at radius 1 is 1.15 bits per heavy atom. The minimum atomic E-state index is -0.0930. The smallest absolute Gasteiger partial charge is 0.158 e. The number of hydrogen-bond acceptors (Lipinski definition) is 4. The fourth-order valence-corrected chi connectivity index (χ4v) is 2.14. The van der Waals surface area contributed by atoms with Crippen molar-refractivity contribution in [2.45, 2.75) is 47.0 Å². The standard InChI is InChI=1S/C16H28N2O2/c1-5-18(12-11-16(19-6-2)20-7-3)13-15-10-8-9-14(4)17-15/h8-10,16H,5-7,11-13H2,1-4H3. The Labute approximate surface area is 123 Å². The molecule has 1 aromatic rings. The summed E-state index contributed by atoms with van der Waals surface area (Å²) >= 11 is 0. The van der Waals surface area contributed by atoms with Crippen molar-refractivity contribution in [3.8, 4) is 0 Å². The van der Waals surface area contributed by atoms with Gasteiger partial charge >= 0.3 is 0 Å². The van der Waals surface area contributed by atoms with Crippen LogP contribution in [0.15, 0.2) is 18.2 Å². The summed E-state index contributed by atoms with van der Waals surface area (Å²) in [4.78, 5) is 6.92. The summed E-state index contributed by atoms with van der Waals surface area (Å²) in [6, 6.07) is 6.17. The topological polar surface area (TPSA) is 34.6 Å². The van der Waals surface area contributed by atoms with E-state index < -0.39 is 0 Å². The zero-order valence-corrected chi connectivity index (χ0v) is 13.3. The molecule has 1 aromatic heterocycles. The molecule has 0 spiro atoms. The van der Waals surface area contributed by atoms with Gasteiger partial charge in [-0.2, -0.15) is 0 Å². The van der Waals surface area contributed by atoms with Crippen LogP contribution in [0.3, 0.4) is 0 Å². The summed E-state index contributed by atoms with van der Waals surface area (Å²) in [7, 11) is 0. The first-order chi connectivity index (χ1) is 9.69. The SMILES string of the molecule is CCOC(CCN(CC)Cc1cccc(C)n1)OCC. The Balaban J connectivity index is 2.45. The van der Waals surface area contributed by atoms with Crippen LogP contribution < -0.4 is 0 Å². The molecule has 0 unspecified atom stereocenters. The average Bonchev–Trinajstić information content (AvgIpc) is 2.43. The minimum Gasteiger partial charge on any atom is -0.353 e. The van der Waals surface area contributed by atoms with Crippen LogP contribution in [0.1, 0.15) is 38.6 Å². The molecule has 0 atom stereocenters. The largest absolute Gasteiger partial charge is 0.353 e. The predicted octanol–water partition coefficient (Wildman–Crippen LogP) is 3.00. The Kier molecular flexibility index (Phi) is 8.42. The van der Waals surface area contributed by atoms with E-state index >= 15 is 0 Å². The van der Waals surface area contributed by atoms with Crippen LogP contribution in [0.25, 0.3) is 0 Å². The number of rotatable bonds is 10. The highest BCUT2D eigenvalue weighted by atomic mass is 16.7. The number of aromatic nitrogens is 1. The van der Waals surface area contributed by atoms with Crippen molar-refractivity contribution in [3.05, 3.63) is 29.6 Å². The first-order valence-corrected chi connectivity index (χ1v) is 7.57. The predicted molar refractivity (Wildman–Crippen MR) is 81.6 cm³/mol. The molecule has 0 bridgehead atoms. The fourth-order valence-electron chi connectivity index (χ4n) is 2.14. The van der Waals surface area contributed by atoms with Gasteiger partial charge in [-0.1, -0.05) is 13.0 Å². The molecule has 0 saturated carbocycles. The lowest BCUT2D eigenvalue weighted by Gasteiger charge is -2.23. The van der Waals surface area contributed by atoms with Gasteiger partial charge in [-0.25, -0.2) is 0 Å². The molecule has 0 radical (unpaired) electrons. The molecule has 0 amide bonds. The first-order valence-electron chi connectivity index (χ1n) is 7.57. The van der Waals surface area contributed by atoms with E-state index in [1.165, 1.54) is 0 Å². The van der Waals surface area contributed by atoms with E-state index in [1.807, 2.05) is 26.8 Å². The van der Waals surface area contributed by atoms with E-state index in [0.29, 0.717) is 13.2 Å². The van der Waals surface area contributed by atoms with Crippen LogP contribution >= 0.6 is 0 Å². The monoisotopic (exact) mass is 280 g/mol. The molecule has 114 valence electrons. The van der Waals surface area contributed by atoms with Crippen molar-refractivity contribution in [1.29, 1.82) is 0 Å². The highest BCUT2D eigenvalue weighted by molar-refractivity contribution is 5.09. The molecule has 0 aliphatic heterocycles. The molecule has 0 aliphatic carbocycles. The maximum Gasteiger partial charge on any atom is 0.158 e. The third-order valence-corrected chi connectivity index (χ3v) is 3.16. The van der Waals surface area contributed by atoms with Gasteiger partial charge in [-0.15, -0.1) is 0 Å². The molecule has 4 nitrogen and oxygen atoms in total. The second-order valence-corrected chi connectivity index (χ2v) is 4.77. The molecule has 1 rings (SSSR count).